The van der Waals surface area contributed by atoms with Crippen LogP contribution in [0.25, 0.3) is 0 Å². The lowest BCUT2D eigenvalue weighted by molar-refractivity contribution is -0.701. The zero-order chi connectivity index (χ0) is 16.2. The molecule has 0 bridgehead atoms. The van der Waals surface area contributed by atoms with Crippen molar-refractivity contribution in [2.45, 2.75) is 28.7 Å². The minimum absolute atomic E-state index is 0.316. The van der Waals surface area contributed by atoms with Gasteiger partial charge in [0, 0.05) is 19.1 Å². The van der Waals surface area contributed by atoms with Gasteiger partial charge in [0.25, 0.3) is 0 Å². The highest BCUT2D eigenvalue weighted by atomic mass is 35.6. The van der Waals surface area contributed by atoms with Gasteiger partial charge in [-0.25, -0.2) is 0 Å². The van der Waals surface area contributed by atoms with Crippen molar-refractivity contribution < 1.29 is 18.5 Å². The zero-order valence-corrected chi connectivity index (χ0v) is 17.4. The first kappa shape index (κ1) is 21.3. The minimum atomic E-state index is -2.69. The lowest BCUT2D eigenvalue weighted by atomic mass is 10.5. The molecule has 0 aliphatic rings. The van der Waals surface area contributed by atoms with E-state index in [0.717, 1.165) is 17.6 Å². The Morgan fingerprint density at radius 2 is 1.75 bits per heavy atom. The van der Waals surface area contributed by atoms with Crippen LogP contribution in [-0.4, -0.2) is 42.7 Å². The van der Waals surface area contributed by atoms with Crippen molar-refractivity contribution in [1.29, 1.82) is 0 Å². The fourth-order valence-electron chi connectivity index (χ4n) is 0.882. The minimum Gasteiger partial charge on any atom is -0.444 e. The molecule has 0 saturated heterocycles. The lowest BCUT2D eigenvalue weighted by Crippen LogP contribution is -2.34. The van der Waals surface area contributed by atoms with Gasteiger partial charge < -0.3 is 13.6 Å². The van der Waals surface area contributed by atoms with Crippen molar-refractivity contribution in [1.82, 2.24) is 0 Å². The molecule has 5 nitrogen and oxygen atoms in total. The summed E-state index contributed by atoms with van der Waals surface area (Å²) in [4.78, 5) is 0.316. The molecule has 0 heterocycles. The van der Waals surface area contributed by atoms with E-state index >= 15 is 0 Å². The molecular weight excluding hydrogens is 404 g/mol. The normalized spacial score (nSPS) is 16.1. The van der Waals surface area contributed by atoms with Gasteiger partial charge in [-0.2, -0.15) is 0 Å². The summed E-state index contributed by atoms with van der Waals surface area (Å²) in [6.07, 6.45) is 1.12. The first-order valence-corrected chi connectivity index (χ1v) is 14.0. The summed E-state index contributed by atoms with van der Waals surface area (Å²) in [7, 11) is 0.749. The highest BCUT2D eigenvalue weighted by Crippen LogP contribution is 2.63. The van der Waals surface area contributed by atoms with Crippen molar-refractivity contribution in [3.05, 3.63) is 5.21 Å². The van der Waals surface area contributed by atoms with Crippen LogP contribution in [0.5, 0.6) is 0 Å². The molecule has 1 unspecified atom stereocenters. The Morgan fingerprint density at radius 1 is 1.30 bits per heavy atom. The fourth-order valence-corrected chi connectivity index (χ4v) is 6.31. The van der Waals surface area contributed by atoms with Gasteiger partial charge in [0.2, 0.25) is 15.7 Å². The van der Waals surface area contributed by atoms with Crippen LogP contribution in [0.2, 0.25) is 19.6 Å². The molecule has 12 heteroatoms. The maximum absolute atomic E-state index is 11.8. The van der Waals surface area contributed by atoms with E-state index in [-0.39, 0.29) is 0 Å². The van der Waals surface area contributed by atoms with Gasteiger partial charge in [0.05, 0.1) is 0 Å². The maximum Gasteiger partial charge on any atom is 0.247 e. The van der Waals surface area contributed by atoms with Gasteiger partial charge in [-0.05, 0) is 11.8 Å². The molecule has 0 aliphatic heterocycles. The van der Waals surface area contributed by atoms with Gasteiger partial charge in [0.1, 0.15) is 5.25 Å². The largest absolute Gasteiger partial charge is 0.444 e. The Hall–Kier alpha value is 1.28. The Labute approximate surface area is 144 Å². The van der Waals surface area contributed by atoms with Crippen molar-refractivity contribution >= 4 is 78.2 Å². The molecule has 1 atom stereocenters. The average molecular weight is 421 g/mol. The lowest BCUT2D eigenvalue weighted by Gasteiger charge is -2.25. The molecule has 0 aromatic rings. The number of halogens is 3. The topological polar surface area (TPSA) is 53.8 Å². The van der Waals surface area contributed by atoms with Crippen LogP contribution in [0.1, 0.15) is 0 Å². The second kappa shape index (κ2) is 8.22. The van der Waals surface area contributed by atoms with Crippen LogP contribution >= 0.6 is 51.9 Å². The van der Waals surface area contributed by atoms with Crippen LogP contribution in [0.15, 0.2) is 0 Å². The summed E-state index contributed by atoms with van der Waals surface area (Å²) in [6.45, 7) is 5.58. The number of rotatable bonds is 7. The van der Waals surface area contributed by atoms with E-state index in [2.05, 4.69) is 0 Å². The molecule has 0 aromatic heterocycles. The molecule has 0 radical (unpaired) electrons. The van der Waals surface area contributed by atoms with E-state index in [4.69, 9.17) is 60.2 Å². The molecule has 0 aliphatic carbocycles. The van der Waals surface area contributed by atoms with E-state index in [1.165, 1.54) is 14.2 Å². The van der Waals surface area contributed by atoms with Gasteiger partial charge in [-0.3, -0.25) is 5.21 Å². The fraction of sp³-hybridized carbons (Fsp3) is 0.875. The molecule has 0 saturated carbocycles. The van der Waals surface area contributed by atoms with Crippen LogP contribution in [-0.2, 0) is 25.4 Å². The maximum atomic E-state index is 11.8. The monoisotopic (exact) mass is 419 g/mol. The molecule has 120 valence electrons. The standard InChI is InChI=1S/C8H17Cl3NO4PS2Si/c1-14-17(18,15-2)19-7(8(9,10)11)6-12(13)16-20(3,4)5/h6-7H,1-5H3/b12-6-. The second-order valence-corrected chi connectivity index (χ2v) is 17.8. The van der Waals surface area contributed by atoms with Gasteiger partial charge >= 0.3 is 0 Å². The van der Waals surface area contributed by atoms with E-state index in [1.54, 1.807) is 0 Å². The second-order valence-electron chi connectivity index (χ2n) is 4.52. The van der Waals surface area contributed by atoms with Crippen LogP contribution in [0.4, 0.5) is 0 Å². The first-order chi connectivity index (χ1) is 8.83. The van der Waals surface area contributed by atoms with Crippen molar-refractivity contribution in [3.63, 3.8) is 0 Å². The van der Waals surface area contributed by atoms with E-state index in [9.17, 15) is 5.21 Å². The van der Waals surface area contributed by atoms with Crippen LogP contribution < -0.4 is 0 Å². The third-order valence-electron chi connectivity index (χ3n) is 1.63. The smallest absolute Gasteiger partial charge is 0.247 e. The van der Waals surface area contributed by atoms with Gasteiger partial charge in [0.15, 0.2) is 8.32 Å². The Kier molecular flexibility index (Phi) is 8.74. The molecule has 0 N–H and O–H groups in total. The van der Waals surface area contributed by atoms with Gasteiger partial charge in [-0.1, -0.05) is 65.8 Å². The molecule has 0 rings (SSSR count). The predicted octanol–water partition coefficient (Wildman–Crippen LogP) is 4.32. The summed E-state index contributed by atoms with van der Waals surface area (Å²) in [6, 6.07) is 0. The highest BCUT2D eigenvalue weighted by molar-refractivity contribution is 8.68. The van der Waals surface area contributed by atoms with E-state index in [0.29, 0.717) is 4.90 Å². The highest BCUT2D eigenvalue weighted by Gasteiger charge is 2.40. The van der Waals surface area contributed by atoms with Crippen LogP contribution in [0, 0.1) is 5.21 Å². The Bertz CT molecular complexity index is 394. The summed E-state index contributed by atoms with van der Waals surface area (Å²) >= 11 is 23.8. The van der Waals surface area contributed by atoms with Gasteiger partial charge in [-0.15, -0.1) is 0 Å². The number of hydrogen-bond donors (Lipinski definition) is 0. The van der Waals surface area contributed by atoms with E-state index in [1.807, 2.05) is 19.6 Å². The summed E-state index contributed by atoms with van der Waals surface area (Å²) < 4.78 is 13.7. The molecule has 0 fully saturated rings. The van der Waals surface area contributed by atoms with Crippen molar-refractivity contribution in [3.8, 4) is 0 Å². The van der Waals surface area contributed by atoms with Crippen molar-refractivity contribution in [2.75, 3.05) is 14.2 Å². The summed E-state index contributed by atoms with van der Waals surface area (Å²) in [5, 5.41) is 10.9. The van der Waals surface area contributed by atoms with Crippen molar-refractivity contribution in [2.24, 2.45) is 0 Å². The third kappa shape index (κ3) is 8.65. The van der Waals surface area contributed by atoms with E-state index < -0.39 is 23.1 Å². The molecular formula is C8H17Cl3NO4PS2Si. The molecule has 0 amide bonds. The zero-order valence-electron chi connectivity index (χ0n) is 11.6. The Morgan fingerprint density at radius 3 is 2.05 bits per heavy atom. The number of hydrogen-bond acceptors (Lipinski definition) is 6. The van der Waals surface area contributed by atoms with Crippen LogP contribution in [0.3, 0.4) is 0 Å². The summed E-state index contributed by atoms with van der Waals surface area (Å²) in [5.41, 5.74) is -2.69. The number of alkyl halides is 3. The SMILES string of the molecule is COP(=S)(OC)SC(/C=[N+](/[O-])O[Si](C)(C)C)C(Cl)(Cl)Cl. The average Bonchev–Trinajstić information content (AvgIpc) is 2.24. The molecule has 0 spiro atoms. The third-order valence-corrected chi connectivity index (χ3v) is 9.33. The molecule has 20 heavy (non-hydrogen) atoms. The Balaban J connectivity index is 5.20. The quantitative estimate of drug-likeness (QED) is 0.153. The number of nitrogens with zero attached hydrogens (tertiary/aromatic N) is 1. The summed E-state index contributed by atoms with van der Waals surface area (Å²) in [5.74, 6) is 0. The molecule has 0 aromatic carbocycles. The predicted molar refractivity (Wildman–Crippen MR) is 94.1 cm³/mol. The first-order valence-electron chi connectivity index (χ1n) is 5.30.